The van der Waals surface area contributed by atoms with Crippen molar-refractivity contribution in [1.29, 1.82) is 0 Å². The lowest BCUT2D eigenvalue weighted by molar-refractivity contribution is -0.121. The van der Waals surface area contributed by atoms with Gasteiger partial charge in [-0.15, -0.1) is 0 Å². The summed E-state index contributed by atoms with van der Waals surface area (Å²) in [5.74, 6) is 0.816. The second-order valence-corrected chi connectivity index (χ2v) is 8.17. The van der Waals surface area contributed by atoms with Crippen molar-refractivity contribution in [3.8, 4) is 5.75 Å². The Morgan fingerprint density at radius 1 is 1.29 bits per heavy atom. The van der Waals surface area contributed by atoms with Crippen molar-refractivity contribution in [2.45, 2.75) is 45.6 Å². The molecule has 0 aliphatic heterocycles. The zero-order valence-corrected chi connectivity index (χ0v) is 16.5. The Kier molecular flexibility index (Phi) is 5.07. The number of amides is 1. The maximum absolute atomic E-state index is 12.4. The summed E-state index contributed by atoms with van der Waals surface area (Å²) in [4.78, 5) is 20.1. The average molecular weight is 377 g/mol. The molecule has 5 nitrogen and oxygen atoms in total. The van der Waals surface area contributed by atoms with E-state index in [1.54, 1.807) is 6.20 Å². The fraction of sp³-hybridized carbons (Fsp3) is 0.391. The number of aromatic nitrogens is 2. The molecular weight excluding hydrogens is 350 g/mol. The van der Waals surface area contributed by atoms with Gasteiger partial charge in [-0.1, -0.05) is 25.1 Å². The van der Waals surface area contributed by atoms with E-state index in [4.69, 9.17) is 4.74 Å². The number of para-hydroxylation sites is 1. The molecule has 0 spiro atoms. The van der Waals surface area contributed by atoms with Crippen molar-refractivity contribution in [2.75, 3.05) is 6.61 Å². The molecule has 4 rings (SSSR count). The number of aryl methyl sites for hydroxylation is 1. The topological polar surface area (TPSA) is 67.0 Å². The zero-order chi connectivity index (χ0) is 19.6. The number of nitrogens with zero attached hydrogens (tertiary/aromatic N) is 1. The number of ether oxygens (including phenoxy) is 1. The third-order valence-corrected chi connectivity index (χ3v) is 5.57. The van der Waals surface area contributed by atoms with Crippen molar-refractivity contribution in [3.05, 3.63) is 60.0 Å². The van der Waals surface area contributed by atoms with Crippen molar-refractivity contribution in [1.82, 2.24) is 15.3 Å². The Bertz CT molecular complexity index is 957. The highest BCUT2D eigenvalue weighted by atomic mass is 16.5. The maximum atomic E-state index is 12.4. The molecule has 2 N–H and O–H groups in total. The predicted octanol–water partition coefficient (Wildman–Crippen LogP) is 4.55. The number of benzene rings is 1. The SMILES string of the molecule is C[C@@H](NC(=O)CCc1c[nH]c2ccccc12)c1ccc(OCC2(C)CC2)cn1. The molecule has 5 heteroatoms. The highest BCUT2D eigenvalue weighted by molar-refractivity contribution is 5.84. The second-order valence-electron chi connectivity index (χ2n) is 8.17. The van der Waals surface area contributed by atoms with Crippen LogP contribution in [-0.2, 0) is 11.2 Å². The van der Waals surface area contributed by atoms with Crippen LogP contribution in [0.5, 0.6) is 5.75 Å². The second kappa shape index (κ2) is 7.66. The largest absolute Gasteiger partial charge is 0.491 e. The van der Waals surface area contributed by atoms with Gasteiger partial charge in [0.15, 0.2) is 0 Å². The van der Waals surface area contributed by atoms with Gasteiger partial charge in [-0.05, 0) is 49.9 Å². The van der Waals surface area contributed by atoms with Crippen LogP contribution in [0.3, 0.4) is 0 Å². The molecule has 1 amide bonds. The third-order valence-electron chi connectivity index (χ3n) is 5.57. The molecule has 1 aromatic carbocycles. The summed E-state index contributed by atoms with van der Waals surface area (Å²) in [6.07, 6.45) is 7.37. The molecule has 1 aliphatic rings. The lowest BCUT2D eigenvalue weighted by Crippen LogP contribution is -2.27. The van der Waals surface area contributed by atoms with Gasteiger partial charge in [-0.3, -0.25) is 9.78 Å². The standard InChI is InChI=1S/C23H27N3O2/c1-16(20-9-8-18(14-25-20)28-15-23(2)11-12-23)26-22(27)10-7-17-13-24-21-6-4-3-5-19(17)21/h3-6,8-9,13-14,16,24H,7,10-12,15H2,1-2H3,(H,26,27)/t16-/m1/s1. The summed E-state index contributed by atoms with van der Waals surface area (Å²) >= 11 is 0. The van der Waals surface area contributed by atoms with Gasteiger partial charge < -0.3 is 15.0 Å². The number of carbonyl (C=O) groups excluding carboxylic acids is 1. The Morgan fingerprint density at radius 2 is 2.11 bits per heavy atom. The number of fused-ring (bicyclic) bond motifs is 1. The molecule has 0 unspecified atom stereocenters. The van der Waals surface area contributed by atoms with Gasteiger partial charge in [0.2, 0.25) is 5.91 Å². The molecule has 0 saturated heterocycles. The first-order valence-electron chi connectivity index (χ1n) is 9.96. The number of H-pyrrole nitrogens is 1. The number of nitrogens with one attached hydrogen (secondary N) is 2. The molecule has 1 aliphatic carbocycles. The lowest BCUT2D eigenvalue weighted by atomic mass is 10.1. The van der Waals surface area contributed by atoms with E-state index < -0.39 is 0 Å². The van der Waals surface area contributed by atoms with Crippen LogP contribution in [0.1, 0.15) is 50.4 Å². The van der Waals surface area contributed by atoms with Crippen LogP contribution < -0.4 is 10.1 Å². The molecule has 146 valence electrons. The van der Waals surface area contributed by atoms with Crippen molar-refractivity contribution < 1.29 is 9.53 Å². The molecule has 2 aromatic heterocycles. The van der Waals surface area contributed by atoms with Crippen LogP contribution in [0.2, 0.25) is 0 Å². The number of rotatable bonds is 8. The third kappa shape index (κ3) is 4.35. The van der Waals surface area contributed by atoms with Crippen LogP contribution >= 0.6 is 0 Å². The molecular formula is C23H27N3O2. The Morgan fingerprint density at radius 3 is 2.86 bits per heavy atom. The smallest absolute Gasteiger partial charge is 0.220 e. The monoisotopic (exact) mass is 377 g/mol. The first-order valence-corrected chi connectivity index (χ1v) is 9.96. The predicted molar refractivity (Wildman–Crippen MR) is 110 cm³/mol. The van der Waals surface area contributed by atoms with Crippen LogP contribution in [0, 0.1) is 5.41 Å². The van der Waals surface area contributed by atoms with Crippen molar-refractivity contribution in [2.24, 2.45) is 5.41 Å². The summed E-state index contributed by atoms with van der Waals surface area (Å²) in [6.45, 7) is 4.94. The van der Waals surface area contributed by atoms with Gasteiger partial charge in [-0.25, -0.2) is 0 Å². The highest BCUT2D eigenvalue weighted by Gasteiger charge is 2.38. The molecule has 1 atom stereocenters. The molecule has 0 radical (unpaired) electrons. The van der Waals surface area contributed by atoms with Gasteiger partial charge in [0.05, 0.1) is 24.5 Å². The summed E-state index contributed by atoms with van der Waals surface area (Å²) in [6, 6.07) is 11.9. The van der Waals surface area contributed by atoms with Gasteiger partial charge >= 0.3 is 0 Å². The number of aromatic amines is 1. The van der Waals surface area contributed by atoms with Gasteiger partial charge in [0.25, 0.3) is 0 Å². The average Bonchev–Trinajstić information content (AvgIpc) is 3.30. The first kappa shape index (κ1) is 18.5. The summed E-state index contributed by atoms with van der Waals surface area (Å²) in [7, 11) is 0. The molecule has 1 saturated carbocycles. The van der Waals surface area contributed by atoms with E-state index >= 15 is 0 Å². The van der Waals surface area contributed by atoms with Crippen LogP contribution in [0.4, 0.5) is 0 Å². The molecule has 0 bridgehead atoms. The van der Waals surface area contributed by atoms with Crippen molar-refractivity contribution in [3.63, 3.8) is 0 Å². The Labute approximate surface area is 165 Å². The minimum Gasteiger partial charge on any atom is -0.491 e. The van der Waals surface area contributed by atoms with E-state index in [9.17, 15) is 4.79 Å². The summed E-state index contributed by atoms with van der Waals surface area (Å²) in [5.41, 5.74) is 3.46. The molecule has 28 heavy (non-hydrogen) atoms. The normalized spacial score (nSPS) is 15.9. The lowest BCUT2D eigenvalue weighted by Gasteiger charge is -2.15. The van der Waals surface area contributed by atoms with E-state index in [-0.39, 0.29) is 11.9 Å². The number of hydrogen-bond donors (Lipinski definition) is 2. The molecule has 1 fully saturated rings. The number of pyridine rings is 1. The quantitative estimate of drug-likeness (QED) is 0.605. The van der Waals surface area contributed by atoms with E-state index in [1.165, 1.54) is 23.8 Å². The van der Waals surface area contributed by atoms with Gasteiger partial charge in [-0.2, -0.15) is 0 Å². The van der Waals surface area contributed by atoms with E-state index in [0.717, 1.165) is 23.6 Å². The zero-order valence-electron chi connectivity index (χ0n) is 16.5. The highest BCUT2D eigenvalue weighted by Crippen LogP contribution is 2.45. The molecule has 3 aromatic rings. The Hall–Kier alpha value is -2.82. The minimum atomic E-state index is -0.134. The van der Waals surface area contributed by atoms with Crippen LogP contribution in [0.25, 0.3) is 10.9 Å². The van der Waals surface area contributed by atoms with Gasteiger partial charge in [0, 0.05) is 28.9 Å². The number of carbonyl (C=O) groups is 1. The van der Waals surface area contributed by atoms with E-state index in [1.807, 2.05) is 43.5 Å². The fourth-order valence-corrected chi connectivity index (χ4v) is 3.32. The minimum absolute atomic E-state index is 0.0292. The fourth-order valence-electron chi connectivity index (χ4n) is 3.32. The van der Waals surface area contributed by atoms with Crippen LogP contribution in [-0.4, -0.2) is 22.5 Å². The summed E-state index contributed by atoms with van der Waals surface area (Å²) < 4.78 is 5.81. The first-order chi connectivity index (χ1) is 13.5. The number of hydrogen-bond acceptors (Lipinski definition) is 3. The Balaban J connectivity index is 1.27. The molecule has 2 heterocycles. The van der Waals surface area contributed by atoms with Gasteiger partial charge in [0.1, 0.15) is 5.75 Å². The van der Waals surface area contributed by atoms with Crippen LogP contribution in [0.15, 0.2) is 48.8 Å². The van der Waals surface area contributed by atoms with E-state index in [2.05, 4.69) is 28.3 Å². The van der Waals surface area contributed by atoms with Crippen molar-refractivity contribution >= 4 is 16.8 Å². The summed E-state index contributed by atoms with van der Waals surface area (Å²) in [5, 5.41) is 4.22. The van der Waals surface area contributed by atoms with E-state index in [0.29, 0.717) is 18.3 Å². The maximum Gasteiger partial charge on any atom is 0.220 e.